The van der Waals surface area contributed by atoms with Crippen LogP contribution in [0.1, 0.15) is 28.1 Å². The average Bonchev–Trinajstić information content (AvgIpc) is 3.22. The molecule has 1 saturated heterocycles. The first kappa shape index (κ1) is 16.1. The molecule has 1 aliphatic rings. The van der Waals surface area contributed by atoms with Crippen LogP contribution >= 0.6 is 11.3 Å². The minimum Gasteiger partial charge on any atom is -0.347 e. The SMILES string of the molecule is O=C(NCc1ccc(N2CCCC2=O)cc1)c1ccc([N+](=O)[O-])s1. The summed E-state index contributed by atoms with van der Waals surface area (Å²) in [5.41, 5.74) is 1.76. The molecule has 0 aliphatic carbocycles. The first-order chi connectivity index (χ1) is 11.5. The van der Waals surface area contributed by atoms with E-state index in [1.165, 1.54) is 12.1 Å². The van der Waals surface area contributed by atoms with Crippen LogP contribution < -0.4 is 10.2 Å². The second-order valence-electron chi connectivity index (χ2n) is 5.39. The molecule has 2 heterocycles. The molecule has 3 rings (SSSR count). The molecule has 1 N–H and O–H groups in total. The molecule has 0 unspecified atom stereocenters. The maximum atomic E-state index is 12.0. The van der Waals surface area contributed by atoms with Crippen LogP contribution in [-0.4, -0.2) is 23.3 Å². The number of benzene rings is 1. The van der Waals surface area contributed by atoms with Crippen LogP contribution in [0.3, 0.4) is 0 Å². The smallest absolute Gasteiger partial charge is 0.324 e. The lowest BCUT2D eigenvalue weighted by Crippen LogP contribution is -2.24. The van der Waals surface area contributed by atoms with E-state index in [0.29, 0.717) is 17.8 Å². The Bertz CT molecular complexity index is 785. The third-order valence-electron chi connectivity index (χ3n) is 3.77. The van der Waals surface area contributed by atoms with Gasteiger partial charge in [0.15, 0.2) is 0 Å². The van der Waals surface area contributed by atoms with Crippen molar-refractivity contribution < 1.29 is 14.5 Å². The molecule has 7 nitrogen and oxygen atoms in total. The van der Waals surface area contributed by atoms with E-state index in [0.717, 1.165) is 35.6 Å². The number of carbonyl (C=O) groups is 2. The molecule has 8 heteroatoms. The van der Waals surface area contributed by atoms with E-state index in [1.54, 1.807) is 4.90 Å². The molecular formula is C16H15N3O4S. The van der Waals surface area contributed by atoms with E-state index in [4.69, 9.17) is 0 Å². The van der Waals surface area contributed by atoms with Gasteiger partial charge in [-0.05, 0) is 30.2 Å². The topological polar surface area (TPSA) is 92.6 Å². The van der Waals surface area contributed by atoms with Gasteiger partial charge in [0.05, 0.1) is 9.80 Å². The summed E-state index contributed by atoms with van der Waals surface area (Å²) < 4.78 is 0. The fourth-order valence-electron chi connectivity index (χ4n) is 2.53. The van der Waals surface area contributed by atoms with Crippen LogP contribution in [0.4, 0.5) is 10.7 Å². The molecular weight excluding hydrogens is 330 g/mol. The van der Waals surface area contributed by atoms with Crippen molar-refractivity contribution in [2.24, 2.45) is 0 Å². The molecule has 2 amide bonds. The molecule has 0 bridgehead atoms. The molecule has 2 aromatic rings. The van der Waals surface area contributed by atoms with E-state index in [2.05, 4.69) is 5.32 Å². The van der Waals surface area contributed by atoms with Gasteiger partial charge in [0.2, 0.25) is 5.91 Å². The molecule has 0 spiro atoms. The minimum atomic E-state index is -0.514. The summed E-state index contributed by atoms with van der Waals surface area (Å²) in [6.07, 6.45) is 1.47. The van der Waals surface area contributed by atoms with Crippen molar-refractivity contribution in [3.8, 4) is 0 Å². The van der Waals surface area contributed by atoms with Crippen molar-refractivity contribution in [1.82, 2.24) is 5.32 Å². The van der Waals surface area contributed by atoms with Gasteiger partial charge in [-0.25, -0.2) is 0 Å². The molecule has 1 aromatic carbocycles. The Hall–Kier alpha value is -2.74. The predicted molar refractivity (Wildman–Crippen MR) is 90.2 cm³/mol. The van der Waals surface area contributed by atoms with Crippen LogP contribution in [-0.2, 0) is 11.3 Å². The van der Waals surface area contributed by atoms with Crippen LogP contribution in [0.15, 0.2) is 36.4 Å². The number of nitrogens with one attached hydrogen (secondary N) is 1. The van der Waals surface area contributed by atoms with E-state index in [-0.39, 0.29) is 16.8 Å². The van der Waals surface area contributed by atoms with Crippen LogP contribution in [0.5, 0.6) is 0 Å². The summed E-state index contributed by atoms with van der Waals surface area (Å²) >= 11 is 0.848. The highest BCUT2D eigenvalue weighted by atomic mass is 32.1. The summed E-state index contributed by atoms with van der Waals surface area (Å²) in [5.74, 6) is -0.206. The lowest BCUT2D eigenvalue weighted by molar-refractivity contribution is -0.380. The number of amides is 2. The zero-order valence-corrected chi connectivity index (χ0v) is 13.5. The Morgan fingerprint density at radius 1 is 1.25 bits per heavy atom. The van der Waals surface area contributed by atoms with E-state index in [9.17, 15) is 19.7 Å². The van der Waals surface area contributed by atoms with Crippen molar-refractivity contribution in [3.63, 3.8) is 0 Å². The van der Waals surface area contributed by atoms with Crippen molar-refractivity contribution in [3.05, 3.63) is 57.0 Å². The largest absolute Gasteiger partial charge is 0.347 e. The van der Waals surface area contributed by atoms with Gasteiger partial charge in [0, 0.05) is 31.3 Å². The third-order valence-corrected chi connectivity index (χ3v) is 4.81. The molecule has 1 fully saturated rings. The van der Waals surface area contributed by atoms with Gasteiger partial charge >= 0.3 is 5.00 Å². The maximum Gasteiger partial charge on any atom is 0.324 e. The number of hydrogen-bond donors (Lipinski definition) is 1. The molecule has 1 aliphatic heterocycles. The fourth-order valence-corrected chi connectivity index (χ4v) is 3.27. The molecule has 0 atom stereocenters. The zero-order chi connectivity index (χ0) is 17.1. The van der Waals surface area contributed by atoms with E-state index < -0.39 is 4.92 Å². The van der Waals surface area contributed by atoms with E-state index in [1.807, 2.05) is 24.3 Å². The first-order valence-electron chi connectivity index (χ1n) is 7.46. The highest BCUT2D eigenvalue weighted by Gasteiger charge is 2.21. The normalized spacial score (nSPS) is 14.0. The number of hydrogen-bond acceptors (Lipinski definition) is 5. The maximum absolute atomic E-state index is 12.0. The minimum absolute atomic E-state index is 0.0558. The average molecular weight is 345 g/mol. The highest BCUT2D eigenvalue weighted by Crippen LogP contribution is 2.24. The lowest BCUT2D eigenvalue weighted by atomic mass is 10.2. The van der Waals surface area contributed by atoms with E-state index >= 15 is 0 Å². The Morgan fingerprint density at radius 2 is 2.00 bits per heavy atom. The van der Waals surface area contributed by atoms with Gasteiger partial charge < -0.3 is 10.2 Å². The van der Waals surface area contributed by atoms with Gasteiger partial charge in [0.1, 0.15) is 0 Å². The van der Waals surface area contributed by atoms with Crippen molar-refractivity contribution >= 4 is 33.8 Å². The molecule has 0 radical (unpaired) electrons. The van der Waals surface area contributed by atoms with Gasteiger partial charge in [-0.2, -0.15) is 0 Å². The van der Waals surface area contributed by atoms with Crippen LogP contribution in [0.25, 0.3) is 0 Å². The Balaban J connectivity index is 1.59. The number of thiophene rings is 1. The summed E-state index contributed by atoms with van der Waals surface area (Å²) in [6, 6.07) is 10.2. The van der Waals surface area contributed by atoms with Gasteiger partial charge in [0.25, 0.3) is 5.91 Å². The predicted octanol–water partition coefficient (Wildman–Crippen LogP) is 2.71. The standard InChI is InChI=1S/C16H15N3O4S/c20-14-2-1-9-18(14)12-5-3-11(4-6-12)10-17-16(21)13-7-8-15(24-13)19(22)23/h3-8H,1-2,9-10H2,(H,17,21). The second-order valence-corrected chi connectivity index (χ2v) is 6.46. The van der Waals surface area contributed by atoms with Crippen LogP contribution in [0.2, 0.25) is 0 Å². The zero-order valence-electron chi connectivity index (χ0n) is 12.7. The van der Waals surface area contributed by atoms with Crippen molar-refractivity contribution in [2.75, 3.05) is 11.4 Å². The van der Waals surface area contributed by atoms with Gasteiger partial charge in [-0.1, -0.05) is 23.5 Å². The number of carbonyl (C=O) groups excluding carboxylic acids is 2. The summed E-state index contributed by atoms with van der Waals surface area (Å²) in [5, 5.41) is 13.3. The van der Waals surface area contributed by atoms with Crippen molar-refractivity contribution in [1.29, 1.82) is 0 Å². The number of nitrogens with zero attached hydrogens (tertiary/aromatic N) is 2. The van der Waals surface area contributed by atoms with Crippen molar-refractivity contribution in [2.45, 2.75) is 19.4 Å². The number of rotatable bonds is 5. The Labute approximate surface area is 142 Å². The molecule has 124 valence electrons. The Morgan fingerprint density at radius 3 is 2.58 bits per heavy atom. The second kappa shape index (κ2) is 6.79. The summed E-state index contributed by atoms with van der Waals surface area (Å²) in [6.45, 7) is 1.06. The first-order valence-corrected chi connectivity index (χ1v) is 8.28. The fraction of sp³-hybridized carbons (Fsp3) is 0.250. The third kappa shape index (κ3) is 3.43. The van der Waals surface area contributed by atoms with Gasteiger partial charge in [-0.3, -0.25) is 19.7 Å². The summed E-state index contributed by atoms with van der Waals surface area (Å²) in [4.78, 5) is 35.9. The monoisotopic (exact) mass is 345 g/mol. The molecule has 0 saturated carbocycles. The molecule has 24 heavy (non-hydrogen) atoms. The lowest BCUT2D eigenvalue weighted by Gasteiger charge is -2.16. The Kier molecular flexibility index (Phi) is 4.57. The summed E-state index contributed by atoms with van der Waals surface area (Å²) in [7, 11) is 0. The number of nitro groups is 1. The number of anilines is 1. The molecule has 1 aromatic heterocycles. The van der Waals surface area contributed by atoms with Crippen LogP contribution in [0, 0.1) is 10.1 Å². The quantitative estimate of drug-likeness (QED) is 0.666. The highest BCUT2D eigenvalue weighted by molar-refractivity contribution is 7.17. The van der Waals surface area contributed by atoms with Gasteiger partial charge in [-0.15, -0.1) is 0 Å².